The molecule has 3 heteroatoms. The molecule has 84 valence electrons. The third-order valence-electron chi connectivity index (χ3n) is 2.64. The van der Waals surface area contributed by atoms with Crippen LogP contribution in [0.5, 0.6) is 0 Å². The molecule has 0 aliphatic heterocycles. The van der Waals surface area contributed by atoms with Gasteiger partial charge in [0.05, 0.1) is 11.3 Å². The quantitative estimate of drug-likeness (QED) is 0.852. The molecule has 0 bridgehead atoms. The van der Waals surface area contributed by atoms with Crippen LogP contribution in [0.4, 0.5) is 5.69 Å². The fraction of sp³-hybridized carbons (Fsp3) is 0.143. The number of hydrogen-bond donors (Lipinski definition) is 1. The molecule has 0 saturated carbocycles. The summed E-state index contributed by atoms with van der Waals surface area (Å²) in [7, 11) is 0. The first kappa shape index (κ1) is 11.2. The number of benzene rings is 2. The van der Waals surface area contributed by atoms with E-state index in [2.05, 4.69) is 11.4 Å². The van der Waals surface area contributed by atoms with Crippen LogP contribution >= 0.6 is 0 Å². The maximum atomic E-state index is 11.5. The van der Waals surface area contributed by atoms with Crippen LogP contribution in [0, 0.1) is 11.3 Å². The van der Waals surface area contributed by atoms with Gasteiger partial charge in [0, 0.05) is 11.8 Å². The minimum absolute atomic E-state index is 0.0853. The molecule has 0 aliphatic rings. The Morgan fingerprint density at radius 1 is 1.29 bits per heavy atom. The van der Waals surface area contributed by atoms with Crippen LogP contribution in [0.25, 0.3) is 10.8 Å². The van der Waals surface area contributed by atoms with Gasteiger partial charge in [-0.2, -0.15) is 5.26 Å². The van der Waals surface area contributed by atoms with Crippen LogP contribution in [0.2, 0.25) is 0 Å². The van der Waals surface area contributed by atoms with Crippen molar-refractivity contribution in [3.05, 3.63) is 42.0 Å². The third kappa shape index (κ3) is 2.11. The molecule has 0 spiro atoms. The molecular weight excluding hydrogens is 212 g/mol. The Labute approximate surface area is 99.7 Å². The van der Waals surface area contributed by atoms with E-state index in [1.165, 1.54) is 0 Å². The summed E-state index contributed by atoms with van der Waals surface area (Å²) in [6.45, 7) is 1.78. The van der Waals surface area contributed by atoms with E-state index in [1.807, 2.05) is 30.3 Å². The van der Waals surface area contributed by atoms with E-state index in [9.17, 15) is 4.79 Å². The minimum atomic E-state index is -0.0853. The molecule has 2 aromatic rings. The molecular formula is C14H12N2O. The summed E-state index contributed by atoms with van der Waals surface area (Å²) < 4.78 is 0. The lowest BCUT2D eigenvalue weighted by molar-refractivity contribution is -0.115. The molecule has 0 radical (unpaired) electrons. The van der Waals surface area contributed by atoms with Gasteiger partial charge in [0.2, 0.25) is 5.91 Å². The van der Waals surface area contributed by atoms with E-state index in [0.717, 1.165) is 10.8 Å². The highest BCUT2D eigenvalue weighted by molar-refractivity contribution is 6.04. The summed E-state index contributed by atoms with van der Waals surface area (Å²) in [6, 6.07) is 13.4. The Balaban J connectivity index is 2.64. The van der Waals surface area contributed by atoms with Crippen molar-refractivity contribution in [1.29, 1.82) is 5.26 Å². The van der Waals surface area contributed by atoms with Crippen LogP contribution in [0.3, 0.4) is 0 Å². The smallest absolute Gasteiger partial charge is 0.224 e. The van der Waals surface area contributed by atoms with E-state index in [-0.39, 0.29) is 5.91 Å². The van der Waals surface area contributed by atoms with E-state index >= 15 is 0 Å². The van der Waals surface area contributed by atoms with Gasteiger partial charge >= 0.3 is 0 Å². The van der Waals surface area contributed by atoms with E-state index in [0.29, 0.717) is 17.7 Å². The molecule has 1 N–H and O–H groups in total. The van der Waals surface area contributed by atoms with Crippen molar-refractivity contribution in [2.24, 2.45) is 0 Å². The van der Waals surface area contributed by atoms with Crippen molar-refractivity contribution < 1.29 is 4.79 Å². The number of nitrogens with one attached hydrogen (secondary N) is 1. The van der Waals surface area contributed by atoms with Gasteiger partial charge in [-0.1, -0.05) is 37.3 Å². The number of hydrogen-bond acceptors (Lipinski definition) is 2. The molecule has 0 heterocycles. The van der Waals surface area contributed by atoms with Gasteiger partial charge in [-0.25, -0.2) is 0 Å². The van der Waals surface area contributed by atoms with Crippen LogP contribution in [-0.4, -0.2) is 5.91 Å². The number of nitrogens with zero attached hydrogens (tertiary/aromatic N) is 1. The predicted molar refractivity (Wildman–Crippen MR) is 67.6 cm³/mol. The molecule has 0 unspecified atom stereocenters. The van der Waals surface area contributed by atoms with E-state index in [4.69, 9.17) is 5.26 Å². The summed E-state index contributed by atoms with van der Waals surface area (Å²) in [5, 5.41) is 13.8. The van der Waals surface area contributed by atoms with E-state index < -0.39 is 0 Å². The first-order valence-electron chi connectivity index (χ1n) is 5.48. The first-order valence-corrected chi connectivity index (χ1v) is 5.48. The Bertz CT molecular complexity index is 611. The lowest BCUT2D eigenvalue weighted by Gasteiger charge is -2.09. The molecule has 0 atom stereocenters. The number of anilines is 1. The average Bonchev–Trinajstić information content (AvgIpc) is 2.39. The summed E-state index contributed by atoms with van der Waals surface area (Å²) in [6.07, 6.45) is 0.397. The summed E-state index contributed by atoms with van der Waals surface area (Å²) in [5.74, 6) is -0.0853. The highest BCUT2D eigenvalue weighted by Crippen LogP contribution is 2.27. The lowest BCUT2D eigenvalue weighted by Crippen LogP contribution is -2.11. The first-order chi connectivity index (χ1) is 8.26. The third-order valence-corrected chi connectivity index (χ3v) is 2.64. The van der Waals surface area contributed by atoms with Crippen LogP contribution in [0.1, 0.15) is 18.9 Å². The van der Waals surface area contributed by atoms with Crippen LogP contribution in [0.15, 0.2) is 36.4 Å². The Morgan fingerprint density at radius 3 is 2.76 bits per heavy atom. The molecule has 2 rings (SSSR count). The van der Waals surface area contributed by atoms with Gasteiger partial charge < -0.3 is 5.32 Å². The Kier molecular flexibility index (Phi) is 3.06. The largest absolute Gasteiger partial charge is 0.324 e. The second kappa shape index (κ2) is 4.67. The second-order valence-corrected chi connectivity index (χ2v) is 3.72. The fourth-order valence-electron chi connectivity index (χ4n) is 1.73. The van der Waals surface area contributed by atoms with Crippen molar-refractivity contribution in [3.8, 4) is 6.07 Å². The maximum Gasteiger partial charge on any atom is 0.224 e. The summed E-state index contributed by atoms with van der Waals surface area (Å²) in [5.41, 5.74) is 1.10. The number of rotatable bonds is 2. The molecule has 0 fully saturated rings. The van der Waals surface area contributed by atoms with Crippen molar-refractivity contribution >= 4 is 22.4 Å². The average molecular weight is 224 g/mol. The molecule has 2 aromatic carbocycles. The van der Waals surface area contributed by atoms with Crippen molar-refractivity contribution in [2.75, 3.05) is 5.32 Å². The number of amides is 1. The number of nitriles is 1. The normalized spacial score (nSPS) is 9.88. The van der Waals surface area contributed by atoms with Gasteiger partial charge in [-0.05, 0) is 11.5 Å². The van der Waals surface area contributed by atoms with Crippen molar-refractivity contribution in [3.63, 3.8) is 0 Å². The highest BCUT2D eigenvalue weighted by Gasteiger charge is 2.09. The molecule has 1 amide bonds. The van der Waals surface area contributed by atoms with Gasteiger partial charge in [0.1, 0.15) is 6.07 Å². The number of carbonyl (C=O) groups is 1. The molecule has 17 heavy (non-hydrogen) atoms. The van der Waals surface area contributed by atoms with Crippen molar-refractivity contribution in [1.82, 2.24) is 0 Å². The maximum absolute atomic E-state index is 11.5. The zero-order valence-corrected chi connectivity index (χ0v) is 9.53. The monoisotopic (exact) mass is 224 g/mol. The molecule has 0 aromatic heterocycles. The Hall–Kier alpha value is -2.34. The standard InChI is InChI=1S/C14H12N2O/c1-2-13(17)16-14-11(9-15)8-7-10-5-3-4-6-12(10)14/h3-8H,2H2,1H3,(H,16,17). The Morgan fingerprint density at radius 2 is 2.06 bits per heavy atom. The molecule has 3 nitrogen and oxygen atoms in total. The van der Waals surface area contributed by atoms with Gasteiger partial charge in [0.15, 0.2) is 0 Å². The molecule has 0 aliphatic carbocycles. The van der Waals surface area contributed by atoms with Gasteiger partial charge in [-0.3, -0.25) is 4.79 Å². The zero-order valence-electron chi connectivity index (χ0n) is 9.53. The number of fused-ring (bicyclic) bond motifs is 1. The van der Waals surface area contributed by atoms with Crippen molar-refractivity contribution in [2.45, 2.75) is 13.3 Å². The van der Waals surface area contributed by atoms with Gasteiger partial charge in [0.25, 0.3) is 0 Å². The van der Waals surface area contributed by atoms with Crippen LogP contribution < -0.4 is 5.32 Å². The van der Waals surface area contributed by atoms with Crippen LogP contribution in [-0.2, 0) is 4.79 Å². The molecule has 0 saturated heterocycles. The minimum Gasteiger partial charge on any atom is -0.324 e. The fourth-order valence-corrected chi connectivity index (χ4v) is 1.73. The predicted octanol–water partition coefficient (Wildman–Crippen LogP) is 3.06. The second-order valence-electron chi connectivity index (χ2n) is 3.72. The van der Waals surface area contributed by atoms with E-state index in [1.54, 1.807) is 13.0 Å². The lowest BCUT2D eigenvalue weighted by atomic mass is 10.0. The van der Waals surface area contributed by atoms with Gasteiger partial charge in [-0.15, -0.1) is 0 Å². The summed E-state index contributed by atoms with van der Waals surface area (Å²) >= 11 is 0. The SMILES string of the molecule is CCC(=O)Nc1c(C#N)ccc2ccccc12. The highest BCUT2D eigenvalue weighted by atomic mass is 16.1. The zero-order chi connectivity index (χ0) is 12.3. The summed E-state index contributed by atoms with van der Waals surface area (Å²) in [4.78, 5) is 11.5. The number of carbonyl (C=O) groups excluding carboxylic acids is 1. The topological polar surface area (TPSA) is 52.9 Å².